The van der Waals surface area contributed by atoms with Gasteiger partial charge in [0, 0.05) is 10.6 Å². The van der Waals surface area contributed by atoms with E-state index in [1.165, 1.54) is 10.9 Å². The minimum absolute atomic E-state index is 0.0423. The quantitative estimate of drug-likeness (QED) is 0.323. The number of aliphatic hydroxyl groups is 3. The second-order valence-corrected chi connectivity index (χ2v) is 9.38. The van der Waals surface area contributed by atoms with Gasteiger partial charge in [-0.25, -0.2) is 27.5 Å². The van der Waals surface area contributed by atoms with E-state index in [1.54, 1.807) is 25.1 Å². The summed E-state index contributed by atoms with van der Waals surface area (Å²) < 4.78 is 49.4. The monoisotopic (exact) mass is 550 g/mol. The lowest BCUT2D eigenvalue weighted by Gasteiger charge is -2.41. The van der Waals surface area contributed by atoms with Crippen LogP contribution >= 0.6 is 11.6 Å². The number of halogens is 4. The Morgan fingerprint density at radius 2 is 1.76 bits per heavy atom. The molecule has 200 valence electrons. The second kappa shape index (κ2) is 10.1. The fourth-order valence-electron chi connectivity index (χ4n) is 4.49. The van der Waals surface area contributed by atoms with Crippen LogP contribution in [0.3, 0.4) is 0 Å². The number of aliphatic hydroxyl groups excluding tert-OH is 3. The largest absolute Gasteiger partial charge is 0.394 e. The van der Waals surface area contributed by atoms with E-state index in [2.05, 4.69) is 20.4 Å². The number of nitrogens with zero attached hydrogens (tertiary/aromatic N) is 6. The van der Waals surface area contributed by atoms with Crippen LogP contribution in [0.4, 0.5) is 13.2 Å². The SMILES string of the molecule is Cc1nc([C@@H]2O[C@H](CO)[C@H](O)[C@H](n3cc(-c4cc(F)c(F)c(F)c4)nn3)[C@H]2O)n(-c2cc(Cl)ccc2C)n1. The van der Waals surface area contributed by atoms with E-state index in [0.29, 0.717) is 16.5 Å². The number of benzene rings is 2. The summed E-state index contributed by atoms with van der Waals surface area (Å²) in [4.78, 5) is 4.43. The van der Waals surface area contributed by atoms with E-state index in [1.807, 2.05) is 6.92 Å². The Morgan fingerprint density at radius 1 is 1.05 bits per heavy atom. The highest BCUT2D eigenvalue weighted by Gasteiger charge is 2.48. The van der Waals surface area contributed by atoms with Gasteiger partial charge in [-0.1, -0.05) is 22.9 Å². The van der Waals surface area contributed by atoms with Crippen molar-refractivity contribution in [3.63, 3.8) is 0 Å². The van der Waals surface area contributed by atoms with Crippen LogP contribution in [0.5, 0.6) is 0 Å². The third-order valence-electron chi connectivity index (χ3n) is 6.38. The predicted molar refractivity (Wildman–Crippen MR) is 127 cm³/mol. The van der Waals surface area contributed by atoms with Crippen molar-refractivity contribution in [1.82, 2.24) is 29.8 Å². The molecule has 0 amide bonds. The molecule has 0 unspecified atom stereocenters. The first-order valence-electron chi connectivity index (χ1n) is 11.5. The lowest BCUT2D eigenvalue weighted by Crippen LogP contribution is -2.53. The van der Waals surface area contributed by atoms with Crippen molar-refractivity contribution in [3.05, 3.63) is 76.2 Å². The Kier molecular flexibility index (Phi) is 6.96. The minimum Gasteiger partial charge on any atom is -0.394 e. The van der Waals surface area contributed by atoms with E-state index < -0.39 is 54.5 Å². The summed E-state index contributed by atoms with van der Waals surface area (Å²) in [6, 6.07) is 5.45. The highest BCUT2D eigenvalue weighted by molar-refractivity contribution is 6.30. The van der Waals surface area contributed by atoms with Gasteiger partial charge in [0.25, 0.3) is 0 Å². The molecule has 3 N–H and O–H groups in total. The molecule has 38 heavy (non-hydrogen) atoms. The molecule has 4 aromatic rings. The molecule has 1 saturated heterocycles. The van der Waals surface area contributed by atoms with Gasteiger partial charge in [0.15, 0.2) is 23.3 Å². The van der Waals surface area contributed by atoms with Gasteiger partial charge in [-0.05, 0) is 43.7 Å². The fourth-order valence-corrected chi connectivity index (χ4v) is 4.66. The summed E-state index contributed by atoms with van der Waals surface area (Å²) in [5, 5.41) is 44.9. The smallest absolute Gasteiger partial charge is 0.194 e. The fraction of sp³-hybridized carbons (Fsp3) is 0.333. The van der Waals surface area contributed by atoms with Crippen LogP contribution in [0, 0.1) is 31.3 Å². The van der Waals surface area contributed by atoms with Crippen molar-refractivity contribution in [2.75, 3.05) is 6.61 Å². The van der Waals surface area contributed by atoms with E-state index >= 15 is 0 Å². The van der Waals surface area contributed by atoms with Gasteiger partial charge in [-0.15, -0.1) is 5.10 Å². The minimum atomic E-state index is -1.63. The highest BCUT2D eigenvalue weighted by Crippen LogP contribution is 2.39. The maximum absolute atomic E-state index is 13.8. The summed E-state index contributed by atoms with van der Waals surface area (Å²) in [6.07, 6.45) is -4.10. The van der Waals surface area contributed by atoms with Gasteiger partial charge in [-0.3, -0.25) is 0 Å². The van der Waals surface area contributed by atoms with Crippen LogP contribution in [0.2, 0.25) is 5.02 Å². The zero-order valence-electron chi connectivity index (χ0n) is 20.0. The molecule has 10 nitrogen and oxygen atoms in total. The standard InChI is InChI=1S/C24H22ClF3N6O4/c1-10-3-4-13(25)7-17(10)34-24(29-11(2)31-34)23-22(37)20(21(36)18(9-35)38-23)33-8-16(30-32-33)12-5-14(26)19(28)15(27)6-12/h3-8,18,20-23,35-37H,9H2,1-2H3/t18-,20+,21+,22-,23-/m1/s1. The van der Waals surface area contributed by atoms with Crippen LogP contribution < -0.4 is 0 Å². The molecule has 5 rings (SSSR count). The zero-order valence-corrected chi connectivity index (χ0v) is 20.8. The van der Waals surface area contributed by atoms with E-state index in [0.717, 1.165) is 22.4 Å². The van der Waals surface area contributed by atoms with Crippen LogP contribution in [0.15, 0.2) is 36.5 Å². The number of rotatable bonds is 5. The summed E-state index contributed by atoms with van der Waals surface area (Å²) in [5.41, 5.74) is 1.24. The van der Waals surface area contributed by atoms with Gasteiger partial charge in [0.05, 0.1) is 18.5 Å². The van der Waals surface area contributed by atoms with Crippen molar-refractivity contribution in [2.45, 2.75) is 44.3 Å². The van der Waals surface area contributed by atoms with Crippen molar-refractivity contribution in [2.24, 2.45) is 0 Å². The van der Waals surface area contributed by atoms with Gasteiger partial charge in [0.2, 0.25) is 0 Å². The summed E-state index contributed by atoms with van der Waals surface area (Å²) >= 11 is 6.19. The first-order valence-corrected chi connectivity index (χ1v) is 11.9. The average Bonchev–Trinajstić information content (AvgIpc) is 3.51. The maximum Gasteiger partial charge on any atom is 0.194 e. The molecular formula is C24H22ClF3N6O4. The van der Waals surface area contributed by atoms with Crippen LogP contribution in [0.1, 0.15) is 29.4 Å². The van der Waals surface area contributed by atoms with Crippen molar-refractivity contribution in [1.29, 1.82) is 0 Å². The van der Waals surface area contributed by atoms with Crippen LogP contribution in [-0.2, 0) is 4.74 Å². The Hall–Kier alpha value is -3.36. The third-order valence-corrected chi connectivity index (χ3v) is 6.61. The summed E-state index contributed by atoms with van der Waals surface area (Å²) in [5.74, 6) is -3.90. The number of aromatic nitrogens is 6. The molecule has 3 heterocycles. The van der Waals surface area contributed by atoms with Gasteiger partial charge >= 0.3 is 0 Å². The first-order chi connectivity index (χ1) is 18.1. The molecule has 14 heteroatoms. The predicted octanol–water partition coefficient (Wildman–Crippen LogP) is 2.61. The highest BCUT2D eigenvalue weighted by atomic mass is 35.5. The molecule has 0 radical (unpaired) electrons. The molecular weight excluding hydrogens is 529 g/mol. The zero-order chi connectivity index (χ0) is 27.3. The molecule has 0 bridgehead atoms. The molecule has 5 atom stereocenters. The third kappa shape index (κ3) is 4.56. The lowest BCUT2D eigenvalue weighted by atomic mass is 9.92. The second-order valence-electron chi connectivity index (χ2n) is 8.95. The maximum atomic E-state index is 13.8. The number of hydrogen-bond donors (Lipinski definition) is 3. The van der Waals surface area contributed by atoms with Crippen molar-refractivity contribution >= 4 is 11.6 Å². The van der Waals surface area contributed by atoms with Crippen molar-refractivity contribution < 1.29 is 33.2 Å². The van der Waals surface area contributed by atoms with E-state index in [4.69, 9.17) is 16.3 Å². The van der Waals surface area contributed by atoms with Crippen LogP contribution in [0.25, 0.3) is 16.9 Å². The molecule has 2 aromatic carbocycles. The first kappa shape index (κ1) is 26.3. The molecule has 1 fully saturated rings. The number of hydrogen-bond acceptors (Lipinski definition) is 8. The van der Waals surface area contributed by atoms with Crippen molar-refractivity contribution in [3.8, 4) is 16.9 Å². The topological polar surface area (TPSA) is 131 Å². The summed E-state index contributed by atoms with van der Waals surface area (Å²) in [6.45, 7) is 2.88. The van der Waals surface area contributed by atoms with Gasteiger partial charge in [-0.2, -0.15) is 5.10 Å². The lowest BCUT2D eigenvalue weighted by molar-refractivity contribution is -0.210. The Morgan fingerprint density at radius 3 is 2.45 bits per heavy atom. The Bertz CT molecular complexity index is 1470. The molecule has 0 spiro atoms. The molecule has 0 aliphatic carbocycles. The molecule has 1 aliphatic rings. The van der Waals surface area contributed by atoms with E-state index in [9.17, 15) is 28.5 Å². The molecule has 1 aliphatic heterocycles. The number of ether oxygens (including phenoxy) is 1. The summed E-state index contributed by atoms with van der Waals surface area (Å²) in [7, 11) is 0. The Labute approximate surface area is 218 Å². The van der Waals surface area contributed by atoms with Gasteiger partial charge in [0.1, 0.15) is 42.0 Å². The van der Waals surface area contributed by atoms with Gasteiger partial charge < -0.3 is 20.1 Å². The molecule has 0 saturated carbocycles. The van der Waals surface area contributed by atoms with E-state index in [-0.39, 0.29) is 17.1 Å². The normalized spacial score (nSPS) is 23.7. The van der Waals surface area contributed by atoms with Crippen LogP contribution in [-0.4, -0.2) is 70.0 Å². The average molecular weight is 551 g/mol. The molecule has 2 aromatic heterocycles. The number of aryl methyl sites for hydroxylation is 2. The Balaban J connectivity index is 1.55.